The molecule has 0 unspecified atom stereocenters. The van der Waals surface area contributed by atoms with Crippen LogP contribution in [0.5, 0.6) is 17.2 Å². The van der Waals surface area contributed by atoms with E-state index in [9.17, 15) is 4.79 Å². The van der Waals surface area contributed by atoms with Crippen molar-refractivity contribution in [1.82, 2.24) is 9.88 Å². The minimum Gasteiger partial charge on any atom is -0.493 e. The van der Waals surface area contributed by atoms with Crippen LogP contribution >= 0.6 is 11.3 Å². The molecule has 0 atom stereocenters. The zero-order valence-electron chi connectivity index (χ0n) is 18.4. The second kappa shape index (κ2) is 10.8. The first kappa shape index (κ1) is 22.6. The van der Waals surface area contributed by atoms with Gasteiger partial charge in [0.25, 0.3) is 0 Å². The Morgan fingerprint density at radius 1 is 1.03 bits per heavy atom. The summed E-state index contributed by atoms with van der Waals surface area (Å²) >= 11 is 1.52. The number of methoxy groups -OCH3 is 2. The van der Waals surface area contributed by atoms with Gasteiger partial charge in [-0.2, -0.15) is 0 Å². The molecule has 1 amide bonds. The number of hydrogen-bond acceptors (Lipinski definition) is 6. The molecule has 3 rings (SSSR count). The predicted molar refractivity (Wildman–Crippen MR) is 123 cm³/mol. The van der Waals surface area contributed by atoms with E-state index in [0.717, 1.165) is 27.6 Å². The van der Waals surface area contributed by atoms with Crippen LogP contribution in [0, 0.1) is 0 Å². The van der Waals surface area contributed by atoms with Gasteiger partial charge in [-0.1, -0.05) is 18.2 Å². The van der Waals surface area contributed by atoms with E-state index in [4.69, 9.17) is 19.2 Å². The minimum atomic E-state index is 0.0345. The zero-order valence-corrected chi connectivity index (χ0v) is 19.2. The van der Waals surface area contributed by atoms with Crippen LogP contribution in [0.1, 0.15) is 25.1 Å². The van der Waals surface area contributed by atoms with Crippen molar-refractivity contribution in [3.05, 3.63) is 59.1 Å². The number of hydrogen-bond donors (Lipinski definition) is 0. The van der Waals surface area contributed by atoms with Crippen molar-refractivity contribution >= 4 is 17.2 Å². The Balaban J connectivity index is 1.71. The standard InChI is InChI=1S/C24H28N2O4S/c1-5-26(15-17-11-12-21(28-3)22(13-17)29-4)23(27)14-18-16-31-24(25-18)19-9-7-8-10-20(19)30-6-2/h7-13,16H,5-6,14-15H2,1-4H3. The normalized spacial score (nSPS) is 10.6. The predicted octanol–water partition coefficient (Wildman–Crippen LogP) is 4.82. The van der Waals surface area contributed by atoms with Gasteiger partial charge in [0.1, 0.15) is 10.8 Å². The van der Waals surface area contributed by atoms with Gasteiger partial charge < -0.3 is 19.1 Å². The highest BCUT2D eigenvalue weighted by atomic mass is 32.1. The van der Waals surface area contributed by atoms with Gasteiger partial charge >= 0.3 is 0 Å². The first-order chi connectivity index (χ1) is 15.1. The summed E-state index contributed by atoms with van der Waals surface area (Å²) in [6.45, 7) is 5.64. The molecule has 0 fully saturated rings. The van der Waals surface area contributed by atoms with Crippen LogP contribution in [-0.2, 0) is 17.8 Å². The molecule has 0 aliphatic rings. The molecule has 7 heteroatoms. The number of benzene rings is 2. The molecule has 0 bridgehead atoms. The molecule has 6 nitrogen and oxygen atoms in total. The van der Waals surface area contributed by atoms with Crippen molar-refractivity contribution in [2.75, 3.05) is 27.4 Å². The Morgan fingerprint density at radius 3 is 2.52 bits per heavy atom. The number of para-hydroxylation sites is 1. The molecule has 0 saturated carbocycles. The molecule has 2 aromatic carbocycles. The fraction of sp³-hybridized carbons (Fsp3) is 0.333. The smallest absolute Gasteiger partial charge is 0.228 e. The SMILES string of the molecule is CCOc1ccccc1-c1nc(CC(=O)N(CC)Cc2ccc(OC)c(OC)c2)cs1. The number of aromatic nitrogens is 1. The average molecular weight is 441 g/mol. The molecule has 31 heavy (non-hydrogen) atoms. The minimum absolute atomic E-state index is 0.0345. The van der Waals surface area contributed by atoms with E-state index in [1.807, 2.05) is 66.6 Å². The molecule has 164 valence electrons. The van der Waals surface area contributed by atoms with E-state index in [-0.39, 0.29) is 12.3 Å². The molecule has 1 aromatic heterocycles. The second-order valence-corrected chi connectivity index (χ2v) is 7.71. The third kappa shape index (κ3) is 5.55. The molecule has 0 N–H and O–H groups in total. The Morgan fingerprint density at radius 2 is 1.81 bits per heavy atom. The van der Waals surface area contributed by atoms with Crippen LogP contribution in [0.15, 0.2) is 47.8 Å². The number of amides is 1. The number of carbonyl (C=O) groups is 1. The lowest BCUT2D eigenvalue weighted by atomic mass is 10.1. The van der Waals surface area contributed by atoms with Crippen molar-refractivity contribution < 1.29 is 19.0 Å². The lowest BCUT2D eigenvalue weighted by Gasteiger charge is -2.21. The van der Waals surface area contributed by atoms with E-state index in [2.05, 4.69) is 0 Å². The van der Waals surface area contributed by atoms with Gasteiger partial charge in [0.2, 0.25) is 5.91 Å². The van der Waals surface area contributed by atoms with Gasteiger partial charge in [0.15, 0.2) is 11.5 Å². The Hall–Kier alpha value is -3.06. The van der Waals surface area contributed by atoms with Gasteiger partial charge in [-0.05, 0) is 43.7 Å². The quantitative estimate of drug-likeness (QED) is 0.452. The van der Waals surface area contributed by atoms with Crippen LogP contribution in [0.25, 0.3) is 10.6 Å². The van der Waals surface area contributed by atoms with Gasteiger partial charge in [-0.15, -0.1) is 11.3 Å². The lowest BCUT2D eigenvalue weighted by Crippen LogP contribution is -2.31. The number of ether oxygens (including phenoxy) is 3. The Bertz CT molecular complexity index is 1020. The molecule has 0 aliphatic carbocycles. The van der Waals surface area contributed by atoms with Crippen molar-refractivity contribution in [2.45, 2.75) is 26.8 Å². The third-order valence-electron chi connectivity index (χ3n) is 4.86. The average Bonchev–Trinajstić information content (AvgIpc) is 3.25. The maximum Gasteiger partial charge on any atom is 0.228 e. The summed E-state index contributed by atoms with van der Waals surface area (Å²) in [5, 5.41) is 2.80. The molecular weight excluding hydrogens is 412 g/mol. The van der Waals surface area contributed by atoms with Crippen LogP contribution in [-0.4, -0.2) is 43.2 Å². The van der Waals surface area contributed by atoms with Crippen LogP contribution in [0.4, 0.5) is 0 Å². The van der Waals surface area contributed by atoms with Gasteiger partial charge in [0, 0.05) is 18.5 Å². The monoisotopic (exact) mass is 440 g/mol. The van der Waals surface area contributed by atoms with Crippen molar-refractivity contribution in [2.24, 2.45) is 0 Å². The largest absolute Gasteiger partial charge is 0.493 e. The lowest BCUT2D eigenvalue weighted by molar-refractivity contribution is -0.130. The summed E-state index contributed by atoms with van der Waals surface area (Å²) in [5.74, 6) is 2.16. The summed E-state index contributed by atoms with van der Waals surface area (Å²) < 4.78 is 16.4. The highest BCUT2D eigenvalue weighted by Gasteiger charge is 2.17. The first-order valence-electron chi connectivity index (χ1n) is 10.2. The molecule has 1 heterocycles. The van der Waals surface area contributed by atoms with Crippen LogP contribution in [0.3, 0.4) is 0 Å². The summed E-state index contributed by atoms with van der Waals surface area (Å²) in [5.41, 5.74) is 2.70. The topological polar surface area (TPSA) is 60.9 Å². The molecule has 0 radical (unpaired) electrons. The number of nitrogens with zero attached hydrogens (tertiary/aromatic N) is 2. The van der Waals surface area contributed by atoms with Crippen molar-refractivity contribution in [3.8, 4) is 27.8 Å². The molecule has 0 spiro atoms. The van der Waals surface area contributed by atoms with Crippen molar-refractivity contribution in [3.63, 3.8) is 0 Å². The number of carbonyl (C=O) groups excluding carboxylic acids is 1. The fourth-order valence-corrected chi connectivity index (χ4v) is 4.13. The van der Waals surface area contributed by atoms with Gasteiger partial charge in [-0.3, -0.25) is 4.79 Å². The first-order valence-corrected chi connectivity index (χ1v) is 11.1. The van der Waals surface area contributed by atoms with E-state index >= 15 is 0 Å². The van der Waals surface area contributed by atoms with Crippen molar-refractivity contribution in [1.29, 1.82) is 0 Å². The molecule has 3 aromatic rings. The summed E-state index contributed by atoms with van der Waals surface area (Å²) in [4.78, 5) is 19.5. The molecule has 0 aliphatic heterocycles. The molecular formula is C24H28N2O4S. The van der Waals surface area contributed by atoms with E-state index in [0.29, 0.717) is 31.2 Å². The number of thiazole rings is 1. The summed E-state index contributed by atoms with van der Waals surface area (Å²) in [6, 6.07) is 13.5. The maximum absolute atomic E-state index is 13.0. The van der Waals surface area contributed by atoms with E-state index in [1.54, 1.807) is 14.2 Å². The highest BCUT2D eigenvalue weighted by Crippen LogP contribution is 2.32. The second-order valence-electron chi connectivity index (χ2n) is 6.85. The van der Waals surface area contributed by atoms with Gasteiger partial charge in [0.05, 0.1) is 38.5 Å². The fourth-order valence-electron chi connectivity index (χ4n) is 3.28. The van der Waals surface area contributed by atoms with Crippen LogP contribution in [0.2, 0.25) is 0 Å². The molecule has 0 saturated heterocycles. The summed E-state index contributed by atoms with van der Waals surface area (Å²) in [7, 11) is 3.21. The highest BCUT2D eigenvalue weighted by molar-refractivity contribution is 7.13. The Kier molecular flexibility index (Phi) is 7.89. The number of likely N-dealkylation sites (N-methyl/N-ethyl adjacent to an activating group) is 1. The Labute approximate surface area is 187 Å². The third-order valence-corrected chi connectivity index (χ3v) is 5.78. The summed E-state index contributed by atoms with van der Waals surface area (Å²) in [6.07, 6.45) is 0.258. The van der Waals surface area contributed by atoms with Crippen LogP contribution < -0.4 is 14.2 Å². The number of rotatable bonds is 10. The van der Waals surface area contributed by atoms with E-state index in [1.165, 1.54) is 11.3 Å². The van der Waals surface area contributed by atoms with Gasteiger partial charge in [-0.25, -0.2) is 4.98 Å². The van der Waals surface area contributed by atoms with E-state index < -0.39 is 0 Å². The zero-order chi connectivity index (χ0) is 22.2. The maximum atomic E-state index is 13.0.